The van der Waals surface area contributed by atoms with Crippen molar-refractivity contribution in [2.45, 2.75) is 19.3 Å². The summed E-state index contributed by atoms with van der Waals surface area (Å²) >= 11 is 5.76. The number of ether oxygens (including phenoxy) is 1. The third-order valence-corrected chi connectivity index (χ3v) is 3.91. The minimum absolute atomic E-state index is 0.110. The molecular formula is C13H14ClNO5. The second kappa shape index (κ2) is 5.76. The van der Waals surface area contributed by atoms with Crippen LogP contribution in [-0.2, 0) is 16.0 Å². The van der Waals surface area contributed by atoms with E-state index in [9.17, 15) is 20.0 Å². The lowest BCUT2D eigenvalue weighted by molar-refractivity contribution is -0.385. The fourth-order valence-electron chi connectivity index (χ4n) is 2.45. The SMILES string of the molecule is O=C(O)C1(Cc2ccc(Cl)cc2[N+](=O)[O-])CCOCC1. The molecule has 0 radical (unpaired) electrons. The first-order chi connectivity index (χ1) is 9.44. The Hall–Kier alpha value is -1.66. The minimum atomic E-state index is -1.00. The van der Waals surface area contributed by atoms with Crippen molar-refractivity contribution < 1.29 is 19.6 Å². The molecule has 0 spiro atoms. The van der Waals surface area contributed by atoms with Gasteiger partial charge in [-0.3, -0.25) is 14.9 Å². The molecule has 0 bridgehead atoms. The predicted octanol–water partition coefficient (Wildman–Crippen LogP) is 2.67. The highest BCUT2D eigenvalue weighted by Gasteiger charge is 2.41. The minimum Gasteiger partial charge on any atom is -0.481 e. The Morgan fingerprint density at radius 1 is 1.45 bits per heavy atom. The molecule has 1 aliphatic heterocycles. The molecule has 7 heteroatoms. The van der Waals surface area contributed by atoms with Crippen LogP contribution in [0.4, 0.5) is 5.69 Å². The van der Waals surface area contributed by atoms with E-state index in [4.69, 9.17) is 16.3 Å². The number of rotatable bonds is 4. The lowest BCUT2D eigenvalue weighted by Crippen LogP contribution is -2.39. The Morgan fingerprint density at radius 2 is 2.10 bits per heavy atom. The van der Waals surface area contributed by atoms with E-state index in [1.165, 1.54) is 12.1 Å². The molecule has 0 aromatic heterocycles. The van der Waals surface area contributed by atoms with Gasteiger partial charge in [0.05, 0.1) is 10.3 Å². The van der Waals surface area contributed by atoms with Gasteiger partial charge in [0.25, 0.3) is 5.69 Å². The largest absolute Gasteiger partial charge is 0.481 e. The number of nitro groups is 1. The van der Waals surface area contributed by atoms with Crippen LogP contribution in [0.1, 0.15) is 18.4 Å². The molecule has 20 heavy (non-hydrogen) atoms. The summed E-state index contributed by atoms with van der Waals surface area (Å²) in [5.41, 5.74) is -0.745. The molecule has 1 aromatic rings. The molecule has 2 rings (SSSR count). The molecule has 1 heterocycles. The molecule has 108 valence electrons. The van der Waals surface area contributed by atoms with E-state index in [1.807, 2.05) is 0 Å². The van der Waals surface area contributed by atoms with Gasteiger partial charge in [0.15, 0.2) is 0 Å². The lowest BCUT2D eigenvalue weighted by atomic mass is 9.75. The molecule has 1 aliphatic rings. The van der Waals surface area contributed by atoms with Crippen molar-refractivity contribution in [3.8, 4) is 0 Å². The van der Waals surface area contributed by atoms with Crippen molar-refractivity contribution in [3.05, 3.63) is 38.9 Å². The van der Waals surface area contributed by atoms with E-state index in [2.05, 4.69) is 0 Å². The van der Waals surface area contributed by atoms with E-state index >= 15 is 0 Å². The van der Waals surface area contributed by atoms with Crippen LogP contribution in [0.2, 0.25) is 5.02 Å². The zero-order chi connectivity index (χ0) is 14.8. The molecule has 1 fully saturated rings. The maximum absolute atomic E-state index is 11.6. The van der Waals surface area contributed by atoms with Crippen molar-refractivity contribution >= 4 is 23.3 Å². The van der Waals surface area contributed by atoms with Crippen LogP contribution >= 0.6 is 11.6 Å². The van der Waals surface area contributed by atoms with E-state index in [-0.39, 0.29) is 17.1 Å². The van der Waals surface area contributed by atoms with Crippen molar-refractivity contribution in [2.24, 2.45) is 5.41 Å². The molecule has 0 atom stereocenters. The molecule has 6 nitrogen and oxygen atoms in total. The predicted molar refractivity (Wildman–Crippen MR) is 71.9 cm³/mol. The third-order valence-electron chi connectivity index (χ3n) is 3.68. The average molecular weight is 300 g/mol. The Bertz CT molecular complexity index is 540. The molecule has 1 aromatic carbocycles. The number of carboxylic acid groups (broad SMARTS) is 1. The van der Waals surface area contributed by atoms with Gasteiger partial charge < -0.3 is 9.84 Å². The van der Waals surface area contributed by atoms with E-state index < -0.39 is 16.3 Å². The van der Waals surface area contributed by atoms with Gasteiger partial charge in [-0.15, -0.1) is 0 Å². The summed E-state index contributed by atoms with van der Waals surface area (Å²) in [5, 5.41) is 20.8. The second-order valence-electron chi connectivity index (χ2n) is 4.90. The van der Waals surface area contributed by atoms with Crippen molar-refractivity contribution in [1.29, 1.82) is 0 Å². The molecular weight excluding hydrogens is 286 g/mol. The Balaban J connectivity index is 2.36. The van der Waals surface area contributed by atoms with E-state index in [0.717, 1.165) is 0 Å². The van der Waals surface area contributed by atoms with Gasteiger partial charge in [-0.1, -0.05) is 17.7 Å². The van der Waals surface area contributed by atoms with Gasteiger partial charge in [0, 0.05) is 29.9 Å². The number of nitro benzene ring substituents is 1. The zero-order valence-electron chi connectivity index (χ0n) is 10.7. The van der Waals surface area contributed by atoms with Crippen molar-refractivity contribution in [2.75, 3.05) is 13.2 Å². The van der Waals surface area contributed by atoms with E-state index in [1.54, 1.807) is 6.07 Å². The smallest absolute Gasteiger partial charge is 0.310 e. The summed E-state index contributed by atoms with van der Waals surface area (Å²) in [6.07, 6.45) is 0.809. The fraction of sp³-hybridized carbons (Fsp3) is 0.462. The van der Waals surface area contributed by atoms with Crippen molar-refractivity contribution in [1.82, 2.24) is 0 Å². The van der Waals surface area contributed by atoms with Crippen molar-refractivity contribution in [3.63, 3.8) is 0 Å². The molecule has 1 saturated heterocycles. The van der Waals surface area contributed by atoms with E-state index in [0.29, 0.717) is 31.6 Å². The number of hydrogen-bond donors (Lipinski definition) is 1. The summed E-state index contributed by atoms with van der Waals surface area (Å²) in [5.74, 6) is -0.940. The van der Waals surface area contributed by atoms with Crippen LogP contribution in [0.3, 0.4) is 0 Å². The molecule has 0 amide bonds. The Kier molecular flexibility index (Phi) is 4.25. The average Bonchev–Trinajstić information content (AvgIpc) is 2.41. The number of hydrogen-bond acceptors (Lipinski definition) is 4. The first kappa shape index (κ1) is 14.7. The first-order valence-corrected chi connectivity index (χ1v) is 6.56. The summed E-state index contributed by atoms with van der Waals surface area (Å²) in [6.45, 7) is 0.710. The van der Waals surface area contributed by atoms with Gasteiger partial charge in [-0.25, -0.2) is 0 Å². The highest BCUT2D eigenvalue weighted by Crippen LogP contribution is 2.37. The number of carboxylic acids is 1. The molecule has 0 aliphatic carbocycles. The summed E-state index contributed by atoms with van der Waals surface area (Å²) in [4.78, 5) is 22.1. The first-order valence-electron chi connectivity index (χ1n) is 6.19. The molecule has 1 N–H and O–H groups in total. The van der Waals surface area contributed by atoms with Gasteiger partial charge in [0.1, 0.15) is 0 Å². The molecule has 0 saturated carbocycles. The van der Waals surface area contributed by atoms with Crippen LogP contribution in [-0.4, -0.2) is 29.2 Å². The topological polar surface area (TPSA) is 89.7 Å². The highest BCUT2D eigenvalue weighted by molar-refractivity contribution is 6.30. The van der Waals surface area contributed by atoms with Gasteiger partial charge in [-0.2, -0.15) is 0 Å². The fourth-order valence-corrected chi connectivity index (χ4v) is 2.62. The quantitative estimate of drug-likeness (QED) is 0.682. The second-order valence-corrected chi connectivity index (χ2v) is 5.34. The van der Waals surface area contributed by atoms with Crippen LogP contribution in [0.25, 0.3) is 0 Å². The van der Waals surface area contributed by atoms with Crippen LogP contribution in [0, 0.1) is 15.5 Å². The van der Waals surface area contributed by atoms with Gasteiger partial charge >= 0.3 is 5.97 Å². The number of carbonyl (C=O) groups is 1. The zero-order valence-corrected chi connectivity index (χ0v) is 11.4. The van der Waals surface area contributed by atoms with Crippen LogP contribution in [0.15, 0.2) is 18.2 Å². The van der Waals surface area contributed by atoms with Crippen LogP contribution < -0.4 is 0 Å². The monoisotopic (exact) mass is 299 g/mol. The van der Waals surface area contributed by atoms with Gasteiger partial charge in [-0.05, 0) is 25.3 Å². The number of aliphatic carboxylic acids is 1. The third kappa shape index (κ3) is 2.91. The van der Waals surface area contributed by atoms with Crippen LogP contribution in [0.5, 0.6) is 0 Å². The number of benzene rings is 1. The normalized spacial score (nSPS) is 17.6. The molecule has 0 unspecified atom stereocenters. The standard InChI is InChI=1S/C13H14ClNO5/c14-10-2-1-9(11(7-10)15(18)19)8-13(12(16)17)3-5-20-6-4-13/h1-2,7H,3-6,8H2,(H,16,17). The van der Waals surface area contributed by atoms with Gasteiger partial charge in [0.2, 0.25) is 0 Å². The summed E-state index contributed by atoms with van der Waals surface area (Å²) in [7, 11) is 0. The summed E-state index contributed by atoms with van der Waals surface area (Å²) < 4.78 is 5.19. The maximum Gasteiger partial charge on any atom is 0.310 e. The Labute approximate surface area is 120 Å². The lowest BCUT2D eigenvalue weighted by Gasteiger charge is -2.33. The maximum atomic E-state index is 11.6. The Morgan fingerprint density at radius 3 is 2.65 bits per heavy atom. The number of nitrogens with zero attached hydrogens (tertiary/aromatic N) is 1. The highest BCUT2D eigenvalue weighted by atomic mass is 35.5. The number of halogens is 1. The summed E-state index contributed by atoms with van der Waals surface area (Å²) in [6, 6.07) is 4.32.